The maximum Gasteiger partial charge on any atom is 0.270 e. The van der Waals surface area contributed by atoms with E-state index in [-0.39, 0.29) is 10.6 Å². The number of aryl methyl sites for hydroxylation is 1. The van der Waals surface area contributed by atoms with Crippen LogP contribution in [0.1, 0.15) is 12.0 Å². The molecule has 0 unspecified atom stereocenters. The van der Waals surface area contributed by atoms with Gasteiger partial charge < -0.3 is 0 Å². The molecule has 0 aliphatic carbocycles. The number of hydrogen-bond acceptors (Lipinski definition) is 3. The van der Waals surface area contributed by atoms with Crippen LogP contribution in [0.5, 0.6) is 0 Å². The Morgan fingerprint density at radius 3 is 2.71 bits per heavy atom. The van der Waals surface area contributed by atoms with E-state index >= 15 is 0 Å². The maximum absolute atomic E-state index is 10.5. The van der Waals surface area contributed by atoms with E-state index in [0.717, 1.165) is 28.6 Å². The highest BCUT2D eigenvalue weighted by atomic mass is 79.9. The number of benzene rings is 1. The summed E-state index contributed by atoms with van der Waals surface area (Å²) < 4.78 is 0.751. The fourth-order valence-corrected chi connectivity index (χ4v) is 1.85. The van der Waals surface area contributed by atoms with E-state index in [1.165, 1.54) is 6.07 Å². The van der Waals surface area contributed by atoms with Gasteiger partial charge in [-0.05, 0) is 30.2 Å². The minimum atomic E-state index is -0.380. The molecule has 0 saturated carbocycles. The van der Waals surface area contributed by atoms with Gasteiger partial charge in [-0.15, -0.1) is 0 Å². The highest BCUT2D eigenvalue weighted by Gasteiger charge is 2.07. The number of halogens is 1. The molecule has 0 spiro atoms. The molecule has 0 radical (unpaired) electrons. The van der Waals surface area contributed by atoms with Crippen molar-refractivity contribution in [3.05, 3.63) is 38.3 Å². The second-order valence-electron chi connectivity index (χ2n) is 2.90. The van der Waals surface area contributed by atoms with Gasteiger partial charge in [-0.25, -0.2) is 0 Å². The standard InChI is InChI=1S/C9H10BrNO2S/c10-8-4-7(2-1-3-14)5-9(6-8)11(12)13/h4-6,14H,1-3H2. The molecule has 0 fully saturated rings. The Morgan fingerprint density at radius 2 is 2.14 bits per heavy atom. The zero-order chi connectivity index (χ0) is 10.6. The third-order valence-corrected chi connectivity index (χ3v) is 2.55. The van der Waals surface area contributed by atoms with Gasteiger partial charge in [0.2, 0.25) is 0 Å². The lowest BCUT2D eigenvalue weighted by Crippen LogP contribution is -1.92. The summed E-state index contributed by atoms with van der Waals surface area (Å²) in [6, 6.07) is 5.01. The molecule has 76 valence electrons. The van der Waals surface area contributed by atoms with Gasteiger partial charge in [-0.1, -0.05) is 15.9 Å². The minimum Gasteiger partial charge on any atom is -0.258 e. The van der Waals surface area contributed by atoms with Crippen LogP contribution in [0, 0.1) is 10.1 Å². The molecule has 0 amide bonds. The molecule has 0 aromatic heterocycles. The third kappa shape index (κ3) is 3.31. The summed E-state index contributed by atoms with van der Waals surface area (Å²) in [5, 5.41) is 10.5. The van der Waals surface area contributed by atoms with Crippen molar-refractivity contribution in [1.29, 1.82) is 0 Å². The Bertz CT molecular complexity index is 344. The van der Waals surface area contributed by atoms with Crippen molar-refractivity contribution in [2.75, 3.05) is 5.75 Å². The van der Waals surface area contributed by atoms with Gasteiger partial charge in [0, 0.05) is 16.6 Å². The molecule has 0 heterocycles. The molecule has 0 bridgehead atoms. The van der Waals surface area contributed by atoms with E-state index in [1.54, 1.807) is 6.07 Å². The fraction of sp³-hybridized carbons (Fsp3) is 0.333. The van der Waals surface area contributed by atoms with Crippen LogP contribution in [-0.4, -0.2) is 10.7 Å². The van der Waals surface area contributed by atoms with Crippen molar-refractivity contribution in [1.82, 2.24) is 0 Å². The smallest absolute Gasteiger partial charge is 0.258 e. The Balaban J connectivity index is 2.89. The van der Waals surface area contributed by atoms with Gasteiger partial charge in [0.25, 0.3) is 5.69 Å². The number of nitrogens with zero attached hydrogens (tertiary/aromatic N) is 1. The maximum atomic E-state index is 10.5. The predicted molar refractivity (Wildman–Crippen MR) is 63.0 cm³/mol. The largest absolute Gasteiger partial charge is 0.270 e. The highest BCUT2D eigenvalue weighted by molar-refractivity contribution is 9.10. The lowest BCUT2D eigenvalue weighted by atomic mass is 10.1. The van der Waals surface area contributed by atoms with Crippen molar-refractivity contribution >= 4 is 34.2 Å². The molecule has 0 saturated heterocycles. The summed E-state index contributed by atoms with van der Waals surface area (Å²) >= 11 is 7.35. The minimum absolute atomic E-state index is 0.133. The number of nitro groups is 1. The molecule has 0 atom stereocenters. The van der Waals surface area contributed by atoms with E-state index in [1.807, 2.05) is 6.07 Å². The molecule has 1 rings (SSSR count). The quantitative estimate of drug-likeness (QED) is 0.521. The first-order valence-electron chi connectivity index (χ1n) is 4.18. The first-order chi connectivity index (χ1) is 6.63. The first kappa shape index (κ1) is 11.5. The third-order valence-electron chi connectivity index (χ3n) is 1.78. The summed E-state index contributed by atoms with van der Waals surface area (Å²) in [5.41, 5.74) is 1.11. The number of hydrogen-bond donors (Lipinski definition) is 1. The zero-order valence-electron chi connectivity index (χ0n) is 7.44. The van der Waals surface area contributed by atoms with Gasteiger partial charge in [-0.2, -0.15) is 12.6 Å². The van der Waals surface area contributed by atoms with E-state index in [2.05, 4.69) is 28.6 Å². The SMILES string of the molecule is O=[N+]([O-])c1cc(Br)cc(CCCS)c1. The van der Waals surface area contributed by atoms with Crippen LogP contribution >= 0.6 is 28.6 Å². The van der Waals surface area contributed by atoms with Gasteiger partial charge in [0.05, 0.1) is 4.92 Å². The van der Waals surface area contributed by atoms with E-state index < -0.39 is 0 Å². The van der Waals surface area contributed by atoms with Crippen LogP contribution in [0.15, 0.2) is 22.7 Å². The Kier molecular flexibility index (Phi) is 4.41. The molecular formula is C9H10BrNO2S. The van der Waals surface area contributed by atoms with Crippen molar-refractivity contribution < 1.29 is 4.92 Å². The van der Waals surface area contributed by atoms with Gasteiger partial charge in [0.15, 0.2) is 0 Å². The van der Waals surface area contributed by atoms with Crippen LogP contribution in [0.25, 0.3) is 0 Å². The highest BCUT2D eigenvalue weighted by Crippen LogP contribution is 2.22. The Morgan fingerprint density at radius 1 is 1.43 bits per heavy atom. The Hall–Kier alpha value is -0.550. The summed E-state index contributed by atoms with van der Waals surface area (Å²) in [6.45, 7) is 0. The summed E-state index contributed by atoms with van der Waals surface area (Å²) in [7, 11) is 0. The van der Waals surface area contributed by atoms with E-state index in [4.69, 9.17) is 0 Å². The van der Waals surface area contributed by atoms with Crippen LogP contribution in [0.3, 0.4) is 0 Å². The van der Waals surface area contributed by atoms with Crippen molar-refractivity contribution in [3.63, 3.8) is 0 Å². The van der Waals surface area contributed by atoms with Gasteiger partial charge in [0.1, 0.15) is 0 Å². The lowest BCUT2D eigenvalue weighted by molar-refractivity contribution is -0.385. The first-order valence-corrected chi connectivity index (χ1v) is 5.61. The number of nitro benzene ring substituents is 1. The van der Waals surface area contributed by atoms with Crippen molar-refractivity contribution in [3.8, 4) is 0 Å². The number of non-ortho nitro benzene ring substituents is 1. The van der Waals surface area contributed by atoms with Crippen LogP contribution in [0.2, 0.25) is 0 Å². The molecule has 5 heteroatoms. The number of thiol groups is 1. The molecule has 0 aliphatic rings. The van der Waals surface area contributed by atoms with Crippen LogP contribution < -0.4 is 0 Å². The zero-order valence-corrected chi connectivity index (χ0v) is 9.92. The van der Waals surface area contributed by atoms with E-state index in [9.17, 15) is 10.1 Å². The van der Waals surface area contributed by atoms with Crippen molar-refractivity contribution in [2.45, 2.75) is 12.8 Å². The van der Waals surface area contributed by atoms with Gasteiger partial charge >= 0.3 is 0 Å². The van der Waals surface area contributed by atoms with E-state index in [0.29, 0.717) is 0 Å². The molecule has 0 aliphatic heterocycles. The molecule has 1 aromatic carbocycles. The molecule has 3 nitrogen and oxygen atoms in total. The molecule has 14 heavy (non-hydrogen) atoms. The van der Waals surface area contributed by atoms with Crippen LogP contribution in [0.4, 0.5) is 5.69 Å². The molecule has 0 N–H and O–H groups in total. The summed E-state index contributed by atoms with van der Waals surface area (Å²) in [5.74, 6) is 0.792. The monoisotopic (exact) mass is 275 g/mol. The predicted octanol–water partition coefficient (Wildman–Crippen LogP) is 3.22. The fourth-order valence-electron chi connectivity index (χ4n) is 1.17. The lowest BCUT2D eigenvalue weighted by Gasteiger charge is -2.00. The topological polar surface area (TPSA) is 43.1 Å². The summed E-state index contributed by atoms with van der Waals surface area (Å²) in [4.78, 5) is 10.2. The number of rotatable bonds is 4. The normalized spacial score (nSPS) is 10.1. The molecule has 1 aromatic rings. The van der Waals surface area contributed by atoms with Gasteiger partial charge in [-0.3, -0.25) is 10.1 Å². The molecular weight excluding hydrogens is 266 g/mol. The second-order valence-corrected chi connectivity index (χ2v) is 4.26. The van der Waals surface area contributed by atoms with Crippen LogP contribution in [-0.2, 0) is 6.42 Å². The average molecular weight is 276 g/mol. The average Bonchev–Trinajstić information content (AvgIpc) is 2.14. The summed E-state index contributed by atoms with van der Waals surface area (Å²) in [6.07, 6.45) is 1.75. The van der Waals surface area contributed by atoms with Crippen molar-refractivity contribution in [2.24, 2.45) is 0 Å². The Labute approximate surface area is 96.2 Å². The second kappa shape index (κ2) is 5.36.